The van der Waals surface area contributed by atoms with Crippen molar-refractivity contribution in [3.05, 3.63) is 29.8 Å². The number of rotatable bonds is 16. The third-order valence-electron chi connectivity index (χ3n) is 4.43. The van der Waals surface area contributed by atoms with Crippen LogP contribution in [0.4, 0.5) is 0 Å². The zero-order valence-corrected chi connectivity index (χ0v) is 18.4. The largest absolute Gasteiger partial charge is 0.482 e. The zero-order valence-electron chi connectivity index (χ0n) is 18.4. The molecule has 0 fully saturated rings. The molecule has 1 atom stereocenters. The molecule has 7 heteroatoms. The quantitative estimate of drug-likeness (QED) is 0.324. The monoisotopic (exact) mass is 421 g/mol. The molecule has 168 valence electrons. The Kier molecular flexibility index (Phi) is 13.2. The molecular formula is C23H35NO6. The number of benzene rings is 1. The molecule has 0 saturated carbocycles. The summed E-state index contributed by atoms with van der Waals surface area (Å²) >= 11 is 0. The maximum atomic E-state index is 12.3. The van der Waals surface area contributed by atoms with Crippen molar-refractivity contribution in [3.63, 3.8) is 0 Å². The molecule has 7 nitrogen and oxygen atoms in total. The number of Topliss-reactive ketones (excluding diaryl/α,β-unsaturated/α-hetero) is 1. The topological polar surface area (TPSA) is 90.9 Å². The van der Waals surface area contributed by atoms with E-state index in [0.717, 1.165) is 24.8 Å². The van der Waals surface area contributed by atoms with Crippen molar-refractivity contribution in [2.45, 2.75) is 65.3 Å². The third-order valence-corrected chi connectivity index (χ3v) is 4.43. The Bertz CT molecular complexity index is 661. The Balaban J connectivity index is 2.62. The lowest BCUT2D eigenvalue weighted by Crippen LogP contribution is -2.40. The van der Waals surface area contributed by atoms with Crippen LogP contribution in [-0.4, -0.2) is 50.1 Å². The van der Waals surface area contributed by atoms with Crippen molar-refractivity contribution >= 4 is 17.7 Å². The first-order valence-corrected chi connectivity index (χ1v) is 10.8. The number of esters is 2. The molecular weight excluding hydrogens is 386 g/mol. The van der Waals surface area contributed by atoms with E-state index in [9.17, 15) is 14.4 Å². The molecule has 0 aliphatic rings. The van der Waals surface area contributed by atoms with Gasteiger partial charge >= 0.3 is 11.9 Å². The van der Waals surface area contributed by atoms with Gasteiger partial charge in [0.15, 0.2) is 6.61 Å². The SMILES string of the molecule is CCCCCC(=O)CCNC(Cc1cccc(OCC(=O)OCC)c1)C(=O)OCC. The first kappa shape index (κ1) is 25.6. The highest BCUT2D eigenvalue weighted by atomic mass is 16.6. The van der Waals surface area contributed by atoms with E-state index in [1.807, 2.05) is 6.07 Å². The molecule has 1 rings (SSSR count). The highest BCUT2D eigenvalue weighted by Crippen LogP contribution is 2.15. The highest BCUT2D eigenvalue weighted by Gasteiger charge is 2.20. The van der Waals surface area contributed by atoms with Crippen LogP contribution in [0.5, 0.6) is 5.75 Å². The number of hydrogen-bond acceptors (Lipinski definition) is 7. The predicted molar refractivity (Wildman–Crippen MR) is 114 cm³/mol. The molecule has 1 N–H and O–H groups in total. The minimum Gasteiger partial charge on any atom is -0.482 e. The zero-order chi connectivity index (χ0) is 22.2. The average Bonchev–Trinajstić information content (AvgIpc) is 2.72. The van der Waals surface area contributed by atoms with Crippen LogP contribution in [0.3, 0.4) is 0 Å². The molecule has 1 unspecified atom stereocenters. The van der Waals surface area contributed by atoms with Gasteiger partial charge in [0.2, 0.25) is 0 Å². The van der Waals surface area contributed by atoms with Gasteiger partial charge in [-0.3, -0.25) is 9.59 Å². The van der Waals surface area contributed by atoms with Crippen LogP contribution >= 0.6 is 0 Å². The van der Waals surface area contributed by atoms with E-state index in [0.29, 0.717) is 38.2 Å². The second kappa shape index (κ2) is 15.4. The van der Waals surface area contributed by atoms with E-state index in [1.165, 1.54) is 0 Å². The van der Waals surface area contributed by atoms with Gasteiger partial charge in [0.25, 0.3) is 0 Å². The van der Waals surface area contributed by atoms with Crippen molar-refractivity contribution in [1.82, 2.24) is 5.32 Å². The van der Waals surface area contributed by atoms with Gasteiger partial charge in [0.1, 0.15) is 17.6 Å². The lowest BCUT2D eigenvalue weighted by molar-refractivity contribution is -0.146. The smallest absolute Gasteiger partial charge is 0.344 e. The maximum Gasteiger partial charge on any atom is 0.344 e. The standard InChI is InChI=1S/C23H35NO6/c1-4-7-8-11-19(25)13-14-24-21(23(27)29-6-3)16-18-10-9-12-20(15-18)30-17-22(26)28-5-2/h9-10,12,15,21,24H,4-8,11,13-14,16-17H2,1-3H3. The number of ether oxygens (including phenoxy) is 3. The second-order valence-electron chi connectivity index (χ2n) is 6.95. The summed E-state index contributed by atoms with van der Waals surface area (Å²) in [6.45, 7) is 6.44. The summed E-state index contributed by atoms with van der Waals surface area (Å²) in [5, 5.41) is 3.15. The van der Waals surface area contributed by atoms with Crippen LogP contribution in [0.1, 0.15) is 58.4 Å². The molecule has 0 saturated heterocycles. The van der Waals surface area contributed by atoms with Crippen LogP contribution in [0.2, 0.25) is 0 Å². The number of ketones is 1. The van der Waals surface area contributed by atoms with Crippen molar-refractivity contribution < 1.29 is 28.6 Å². The summed E-state index contributed by atoms with van der Waals surface area (Å²) in [5.74, 6) is -0.0615. The molecule has 0 bridgehead atoms. The lowest BCUT2D eigenvalue weighted by atomic mass is 10.0. The number of carbonyl (C=O) groups is 3. The van der Waals surface area contributed by atoms with Crippen molar-refractivity contribution in [1.29, 1.82) is 0 Å². The van der Waals surface area contributed by atoms with Crippen LogP contribution in [0.15, 0.2) is 24.3 Å². The van der Waals surface area contributed by atoms with E-state index >= 15 is 0 Å². The van der Waals surface area contributed by atoms with E-state index < -0.39 is 12.0 Å². The van der Waals surface area contributed by atoms with Gasteiger partial charge in [0.05, 0.1) is 13.2 Å². The van der Waals surface area contributed by atoms with Crippen LogP contribution in [0, 0.1) is 0 Å². The molecule has 0 radical (unpaired) electrons. The Hall–Kier alpha value is -2.41. The van der Waals surface area contributed by atoms with E-state index in [1.54, 1.807) is 32.0 Å². The fraction of sp³-hybridized carbons (Fsp3) is 0.609. The average molecular weight is 422 g/mol. The van der Waals surface area contributed by atoms with Crippen molar-refractivity contribution in [3.8, 4) is 5.75 Å². The van der Waals surface area contributed by atoms with E-state index in [-0.39, 0.29) is 25.0 Å². The van der Waals surface area contributed by atoms with Gasteiger partial charge in [-0.15, -0.1) is 0 Å². The van der Waals surface area contributed by atoms with E-state index in [2.05, 4.69) is 12.2 Å². The molecule has 0 amide bonds. The summed E-state index contributed by atoms with van der Waals surface area (Å²) in [6, 6.07) is 6.64. The first-order valence-electron chi connectivity index (χ1n) is 10.8. The molecule has 1 aromatic rings. The third kappa shape index (κ3) is 11.0. The fourth-order valence-electron chi connectivity index (χ4n) is 2.91. The van der Waals surface area contributed by atoms with Gasteiger partial charge < -0.3 is 19.5 Å². The number of unbranched alkanes of at least 4 members (excludes halogenated alkanes) is 2. The van der Waals surface area contributed by atoms with Crippen LogP contribution < -0.4 is 10.1 Å². The summed E-state index contributed by atoms with van der Waals surface area (Å²) in [4.78, 5) is 35.8. The normalized spacial score (nSPS) is 11.6. The number of nitrogens with one attached hydrogen (secondary N) is 1. The van der Waals surface area contributed by atoms with Crippen molar-refractivity contribution in [2.24, 2.45) is 0 Å². The van der Waals surface area contributed by atoms with Gasteiger partial charge in [-0.2, -0.15) is 0 Å². The number of carbonyl (C=O) groups excluding carboxylic acids is 3. The predicted octanol–water partition coefficient (Wildman–Crippen LogP) is 3.23. The fourth-order valence-corrected chi connectivity index (χ4v) is 2.91. The van der Waals surface area contributed by atoms with E-state index in [4.69, 9.17) is 14.2 Å². The molecule has 0 spiro atoms. The summed E-state index contributed by atoms with van der Waals surface area (Å²) in [5.41, 5.74) is 0.858. The first-order chi connectivity index (χ1) is 14.5. The Morgan fingerprint density at radius 2 is 1.77 bits per heavy atom. The van der Waals surface area contributed by atoms with Gasteiger partial charge in [-0.05, 0) is 44.4 Å². The summed E-state index contributed by atoms with van der Waals surface area (Å²) in [6.07, 6.45) is 4.41. The maximum absolute atomic E-state index is 12.3. The molecule has 0 aliphatic heterocycles. The molecule has 0 aliphatic carbocycles. The molecule has 0 aromatic heterocycles. The van der Waals surface area contributed by atoms with Gasteiger partial charge in [-0.25, -0.2) is 4.79 Å². The molecule has 30 heavy (non-hydrogen) atoms. The Morgan fingerprint density at radius 3 is 2.47 bits per heavy atom. The van der Waals surface area contributed by atoms with Gasteiger partial charge in [0, 0.05) is 19.4 Å². The highest BCUT2D eigenvalue weighted by molar-refractivity contribution is 5.79. The van der Waals surface area contributed by atoms with Crippen LogP contribution in [0.25, 0.3) is 0 Å². The Morgan fingerprint density at radius 1 is 1.00 bits per heavy atom. The lowest BCUT2D eigenvalue weighted by Gasteiger charge is -2.18. The molecule has 1 aromatic carbocycles. The van der Waals surface area contributed by atoms with Crippen LogP contribution in [-0.2, 0) is 30.3 Å². The summed E-state index contributed by atoms with van der Waals surface area (Å²) < 4.78 is 15.5. The Labute approximate surface area is 179 Å². The second-order valence-corrected chi connectivity index (χ2v) is 6.95. The van der Waals surface area contributed by atoms with Crippen molar-refractivity contribution in [2.75, 3.05) is 26.4 Å². The minimum atomic E-state index is -0.561. The summed E-state index contributed by atoms with van der Waals surface area (Å²) in [7, 11) is 0. The minimum absolute atomic E-state index is 0.170. The van der Waals surface area contributed by atoms with Gasteiger partial charge in [-0.1, -0.05) is 31.9 Å². The molecule has 0 heterocycles. The number of hydrogen-bond donors (Lipinski definition) is 1.